The van der Waals surface area contributed by atoms with E-state index in [1.54, 1.807) is 24.3 Å². The van der Waals surface area contributed by atoms with Crippen molar-refractivity contribution in [3.05, 3.63) is 35.4 Å². The van der Waals surface area contributed by atoms with Gasteiger partial charge in [-0.2, -0.15) is 0 Å². The Kier molecular flexibility index (Phi) is 5.44. The van der Waals surface area contributed by atoms with E-state index in [2.05, 4.69) is 4.72 Å². The number of sulfonamides is 2. The zero-order valence-electron chi connectivity index (χ0n) is 10.2. The van der Waals surface area contributed by atoms with E-state index in [9.17, 15) is 16.8 Å². The van der Waals surface area contributed by atoms with Crippen molar-refractivity contribution in [1.82, 2.24) is 4.72 Å². The Bertz CT molecular complexity index is 609. The van der Waals surface area contributed by atoms with Crippen LogP contribution in [0, 0.1) is 0 Å². The Labute approximate surface area is 113 Å². The Morgan fingerprint density at radius 3 is 2.00 bits per heavy atom. The average molecular weight is 307 g/mol. The first-order valence-corrected chi connectivity index (χ1v) is 8.84. The number of nitrogens with two attached hydrogens (primary N) is 2. The molecule has 0 heterocycles. The highest BCUT2D eigenvalue weighted by molar-refractivity contribution is 7.89. The van der Waals surface area contributed by atoms with Crippen LogP contribution in [0.25, 0.3) is 0 Å². The fourth-order valence-electron chi connectivity index (χ4n) is 1.38. The smallest absolute Gasteiger partial charge is 0.215 e. The standard InChI is InChI=1S/C10H17N3O4S2/c11-7-9-1-3-10(4-2-9)8-19(16,17)13-5-6-18(12,14)15/h1-4,13H,5-8,11H2,(H2,12,14,15). The predicted octanol–water partition coefficient (Wildman–Crippen LogP) is -1.15. The lowest BCUT2D eigenvalue weighted by Crippen LogP contribution is -2.32. The monoisotopic (exact) mass is 307 g/mol. The Balaban J connectivity index is 2.58. The third kappa shape index (κ3) is 6.64. The highest BCUT2D eigenvalue weighted by Gasteiger charge is 2.12. The molecule has 7 nitrogen and oxygen atoms in total. The van der Waals surface area contributed by atoms with Crippen molar-refractivity contribution in [2.75, 3.05) is 12.3 Å². The van der Waals surface area contributed by atoms with Crippen LogP contribution in [0.3, 0.4) is 0 Å². The van der Waals surface area contributed by atoms with Crippen LogP contribution in [0.15, 0.2) is 24.3 Å². The van der Waals surface area contributed by atoms with Crippen molar-refractivity contribution in [1.29, 1.82) is 0 Å². The van der Waals surface area contributed by atoms with Crippen LogP contribution in [-0.4, -0.2) is 29.1 Å². The number of nitrogens with one attached hydrogen (secondary N) is 1. The lowest BCUT2D eigenvalue weighted by atomic mass is 10.1. The van der Waals surface area contributed by atoms with Gasteiger partial charge < -0.3 is 5.73 Å². The molecule has 108 valence electrons. The minimum absolute atomic E-state index is 0.220. The summed E-state index contributed by atoms with van der Waals surface area (Å²) >= 11 is 0. The summed E-state index contributed by atoms with van der Waals surface area (Å²) in [5.74, 6) is -0.652. The molecule has 0 saturated heterocycles. The quantitative estimate of drug-likeness (QED) is 0.585. The first-order chi connectivity index (χ1) is 8.72. The summed E-state index contributed by atoms with van der Waals surface area (Å²) in [6, 6.07) is 6.83. The predicted molar refractivity (Wildman–Crippen MR) is 72.9 cm³/mol. The molecule has 0 saturated carbocycles. The number of rotatable bonds is 7. The second-order valence-corrected chi connectivity index (χ2v) is 7.58. The molecule has 0 aliphatic carbocycles. The summed E-state index contributed by atoms with van der Waals surface area (Å²) < 4.78 is 46.9. The van der Waals surface area contributed by atoms with Crippen molar-refractivity contribution in [3.8, 4) is 0 Å². The number of hydrogen-bond acceptors (Lipinski definition) is 5. The Morgan fingerprint density at radius 1 is 1.00 bits per heavy atom. The second-order valence-electron chi connectivity index (χ2n) is 4.04. The topological polar surface area (TPSA) is 132 Å². The van der Waals surface area contributed by atoms with E-state index in [0.29, 0.717) is 12.1 Å². The van der Waals surface area contributed by atoms with E-state index in [-0.39, 0.29) is 12.3 Å². The van der Waals surface area contributed by atoms with Gasteiger partial charge in [-0.25, -0.2) is 26.7 Å². The highest BCUT2D eigenvalue weighted by atomic mass is 32.2. The largest absolute Gasteiger partial charge is 0.326 e. The number of primary sulfonamides is 1. The molecule has 0 unspecified atom stereocenters. The maximum atomic E-state index is 11.7. The van der Waals surface area contributed by atoms with E-state index in [1.807, 2.05) is 0 Å². The summed E-state index contributed by atoms with van der Waals surface area (Å²) in [5, 5.41) is 4.77. The van der Waals surface area contributed by atoms with Gasteiger partial charge >= 0.3 is 0 Å². The molecule has 1 rings (SSSR count). The van der Waals surface area contributed by atoms with E-state index < -0.39 is 25.8 Å². The van der Waals surface area contributed by atoms with Gasteiger partial charge in [0.25, 0.3) is 0 Å². The minimum atomic E-state index is -3.67. The molecule has 0 radical (unpaired) electrons. The van der Waals surface area contributed by atoms with Crippen LogP contribution in [-0.2, 0) is 32.3 Å². The zero-order valence-corrected chi connectivity index (χ0v) is 11.9. The molecule has 0 bridgehead atoms. The normalized spacial score (nSPS) is 12.5. The van der Waals surface area contributed by atoms with E-state index in [1.165, 1.54) is 0 Å². The van der Waals surface area contributed by atoms with Gasteiger partial charge in [-0.1, -0.05) is 24.3 Å². The van der Waals surface area contributed by atoms with Crippen LogP contribution in [0.2, 0.25) is 0 Å². The van der Waals surface area contributed by atoms with Crippen molar-refractivity contribution in [3.63, 3.8) is 0 Å². The van der Waals surface area contributed by atoms with Crippen LogP contribution in [0.4, 0.5) is 0 Å². The van der Waals surface area contributed by atoms with E-state index in [4.69, 9.17) is 10.9 Å². The average Bonchev–Trinajstić information content (AvgIpc) is 2.27. The molecule has 0 fully saturated rings. The Hall–Kier alpha value is -1.00. The fraction of sp³-hybridized carbons (Fsp3) is 0.400. The molecular weight excluding hydrogens is 290 g/mol. The van der Waals surface area contributed by atoms with Gasteiger partial charge in [0.05, 0.1) is 11.5 Å². The van der Waals surface area contributed by atoms with Gasteiger partial charge in [-0.3, -0.25) is 0 Å². The maximum absolute atomic E-state index is 11.7. The van der Waals surface area contributed by atoms with E-state index >= 15 is 0 Å². The van der Waals surface area contributed by atoms with Crippen LogP contribution in [0.1, 0.15) is 11.1 Å². The van der Waals surface area contributed by atoms with Crippen LogP contribution in [0.5, 0.6) is 0 Å². The molecule has 1 aromatic carbocycles. The van der Waals surface area contributed by atoms with Crippen molar-refractivity contribution >= 4 is 20.0 Å². The molecule has 0 aliphatic rings. The molecule has 0 spiro atoms. The Morgan fingerprint density at radius 2 is 1.53 bits per heavy atom. The maximum Gasteiger partial charge on any atom is 0.215 e. The van der Waals surface area contributed by atoms with Gasteiger partial charge in [-0.15, -0.1) is 0 Å². The lowest BCUT2D eigenvalue weighted by Gasteiger charge is -2.06. The second kappa shape index (κ2) is 6.44. The molecule has 0 atom stereocenters. The molecular formula is C10H17N3O4S2. The summed E-state index contributed by atoms with van der Waals surface area (Å²) in [7, 11) is -7.25. The summed E-state index contributed by atoms with van der Waals surface area (Å²) in [6.07, 6.45) is 0. The molecule has 5 N–H and O–H groups in total. The summed E-state index contributed by atoms with van der Waals surface area (Å²) in [6.45, 7) is 0.154. The molecule has 9 heteroatoms. The van der Waals surface area contributed by atoms with Gasteiger partial charge in [0.1, 0.15) is 0 Å². The van der Waals surface area contributed by atoms with Gasteiger partial charge in [0, 0.05) is 13.1 Å². The first-order valence-electron chi connectivity index (χ1n) is 5.47. The fourth-order valence-corrected chi connectivity index (χ4v) is 3.04. The van der Waals surface area contributed by atoms with E-state index in [0.717, 1.165) is 5.56 Å². The summed E-state index contributed by atoms with van der Waals surface area (Å²) in [4.78, 5) is 0. The number of benzene rings is 1. The molecule has 19 heavy (non-hydrogen) atoms. The van der Waals surface area contributed by atoms with Crippen molar-refractivity contribution < 1.29 is 16.8 Å². The minimum Gasteiger partial charge on any atom is -0.326 e. The van der Waals surface area contributed by atoms with Gasteiger partial charge in [0.15, 0.2) is 0 Å². The molecule has 1 aromatic rings. The third-order valence-electron chi connectivity index (χ3n) is 2.32. The highest BCUT2D eigenvalue weighted by Crippen LogP contribution is 2.07. The van der Waals surface area contributed by atoms with Gasteiger partial charge in [-0.05, 0) is 11.1 Å². The molecule has 0 amide bonds. The van der Waals surface area contributed by atoms with Crippen LogP contribution < -0.4 is 15.6 Å². The lowest BCUT2D eigenvalue weighted by molar-refractivity contribution is 0.580. The van der Waals surface area contributed by atoms with Crippen molar-refractivity contribution in [2.45, 2.75) is 12.3 Å². The summed E-state index contributed by atoms with van der Waals surface area (Å²) in [5.41, 5.74) is 6.94. The van der Waals surface area contributed by atoms with Crippen LogP contribution >= 0.6 is 0 Å². The van der Waals surface area contributed by atoms with Gasteiger partial charge in [0.2, 0.25) is 20.0 Å². The number of hydrogen-bond donors (Lipinski definition) is 3. The SMILES string of the molecule is NCc1ccc(CS(=O)(=O)NCCS(N)(=O)=O)cc1. The molecule has 0 aliphatic heterocycles. The molecule has 0 aromatic heterocycles. The zero-order chi connectivity index (χ0) is 14.5. The first kappa shape index (κ1) is 16.1. The van der Waals surface area contributed by atoms with Crippen molar-refractivity contribution in [2.24, 2.45) is 10.9 Å². The third-order valence-corrected chi connectivity index (χ3v) is 4.45.